The van der Waals surface area contributed by atoms with Crippen molar-refractivity contribution in [2.75, 3.05) is 38.5 Å². The fourth-order valence-electron chi connectivity index (χ4n) is 5.63. The highest BCUT2D eigenvalue weighted by molar-refractivity contribution is 7.22. The molecule has 0 spiro atoms. The molecule has 10 heteroatoms. The molecule has 2 N–H and O–H groups in total. The molecule has 0 saturated heterocycles. The number of thiophene rings is 1. The smallest absolute Gasteiger partial charge is 0.142 e. The van der Waals surface area contributed by atoms with Gasteiger partial charge in [0.1, 0.15) is 35.1 Å². The summed E-state index contributed by atoms with van der Waals surface area (Å²) in [6.45, 7) is 9.44. The van der Waals surface area contributed by atoms with Gasteiger partial charge in [-0.05, 0) is 86.8 Å². The van der Waals surface area contributed by atoms with Gasteiger partial charge in [0.2, 0.25) is 0 Å². The van der Waals surface area contributed by atoms with Gasteiger partial charge in [-0.15, -0.1) is 11.3 Å². The van der Waals surface area contributed by atoms with Gasteiger partial charge in [-0.1, -0.05) is 19.1 Å². The molecule has 5 aromatic rings. The van der Waals surface area contributed by atoms with E-state index in [1.54, 1.807) is 23.7 Å². The van der Waals surface area contributed by atoms with Crippen LogP contribution in [0.1, 0.15) is 35.7 Å². The molecule has 2 aromatic carbocycles. The Morgan fingerprint density at radius 1 is 1.09 bits per heavy atom. The van der Waals surface area contributed by atoms with Crippen LogP contribution in [0.25, 0.3) is 20.7 Å². The van der Waals surface area contributed by atoms with E-state index in [0.29, 0.717) is 6.61 Å². The fraction of sp³-hybridized carbons (Fsp3) is 0.364. The number of nitrogens with zero attached hydrogens (tertiary/aromatic N) is 5. The van der Waals surface area contributed by atoms with Gasteiger partial charge in [0.05, 0.1) is 17.6 Å². The van der Waals surface area contributed by atoms with E-state index in [-0.39, 0.29) is 5.82 Å². The van der Waals surface area contributed by atoms with Gasteiger partial charge in [0.25, 0.3) is 0 Å². The van der Waals surface area contributed by atoms with E-state index in [0.717, 1.165) is 89.9 Å². The summed E-state index contributed by atoms with van der Waals surface area (Å²) in [6.07, 6.45) is 6.82. The van der Waals surface area contributed by atoms with Crippen LogP contribution in [0.2, 0.25) is 0 Å². The zero-order valence-corrected chi connectivity index (χ0v) is 25.8. The van der Waals surface area contributed by atoms with Gasteiger partial charge in [-0.2, -0.15) is 5.10 Å². The second-order valence-electron chi connectivity index (χ2n) is 11.1. The van der Waals surface area contributed by atoms with Gasteiger partial charge < -0.3 is 20.3 Å². The molecule has 0 saturated carbocycles. The molecule has 224 valence electrons. The third kappa shape index (κ3) is 6.71. The number of benzene rings is 2. The SMILES string of the molecule is CCCN(C)CCNCCn1cc2c(n1)CCc1c-2sc2ncnc(Nc3ccc(OCc4cccc(F)c4)c(C)c3)c12. The lowest BCUT2D eigenvalue weighted by atomic mass is 9.95. The van der Waals surface area contributed by atoms with Crippen LogP contribution < -0.4 is 15.4 Å². The van der Waals surface area contributed by atoms with Gasteiger partial charge in [-0.3, -0.25) is 4.68 Å². The number of anilines is 2. The minimum absolute atomic E-state index is 0.261. The van der Waals surface area contributed by atoms with E-state index >= 15 is 0 Å². The molecule has 0 bridgehead atoms. The number of halogens is 1. The summed E-state index contributed by atoms with van der Waals surface area (Å²) in [5.74, 6) is 1.31. The molecule has 8 nitrogen and oxygen atoms in total. The molecular formula is C33H38FN7OS. The van der Waals surface area contributed by atoms with E-state index in [9.17, 15) is 4.39 Å². The van der Waals surface area contributed by atoms with E-state index < -0.39 is 0 Å². The second kappa shape index (κ2) is 13.2. The zero-order valence-electron chi connectivity index (χ0n) is 25.0. The van der Waals surface area contributed by atoms with Crippen molar-refractivity contribution in [2.45, 2.75) is 46.3 Å². The normalized spacial score (nSPS) is 12.5. The minimum Gasteiger partial charge on any atom is -0.489 e. The van der Waals surface area contributed by atoms with Crippen LogP contribution in [0.15, 0.2) is 55.0 Å². The number of likely N-dealkylation sites (N-methyl/N-ethyl adjacent to an activating group) is 1. The molecule has 0 unspecified atom stereocenters. The Morgan fingerprint density at radius 3 is 2.84 bits per heavy atom. The summed E-state index contributed by atoms with van der Waals surface area (Å²) in [5.41, 5.74) is 6.37. The van der Waals surface area contributed by atoms with Crippen molar-refractivity contribution in [3.8, 4) is 16.2 Å². The van der Waals surface area contributed by atoms with Crippen LogP contribution >= 0.6 is 11.3 Å². The summed E-state index contributed by atoms with van der Waals surface area (Å²) < 4.78 is 21.6. The molecule has 6 rings (SSSR count). The first kappa shape index (κ1) is 29.2. The molecule has 0 aliphatic heterocycles. The summed E-state index contributed by atoms with van der Waals surface area (Å²) in [4.78, 5) is 13.9. The van der Waals surface area contributed by atoms with Crippen LogP contribution in [0.5, 0.6) is 5.75 Å². The average Bonchev–Trinajstić information content (AvgIpc) is 3.58. The van der Waals surface area contributed by atoms with E-state index in [2.05, 4.69) is 50.4 Å². The number of rotatable bonds is 13. The standard InChI is InChI=1S/C33H38FN7OS/c1-4-14-40(3)15-12-35-13-16-41-19-27-28(39-41)10-9-26-30-32(36-21-37-33(30)43-31(26)27)38-25-8-11-29(22(2)17-25)42-20-23-6-5-7-24(34)18-23/h5-8,11,17-19,21,35H,4,9-10,12-16,20H2,1-3H3,(H,36,37,38). The molecule has 0 fully saturated rings. The third-order valence-corrected chi connectivity index (χ3v) is 8.97. The van der Waals surface area contributed by atoms with Crippen molar-refractivity contribution < 1.29 is 9.13 Å². The Bertz CT molecular complexity index is 1720. The number of fused-ring (bicyclic) bond motifs is 5. The number of aryl methyl sites for hydroxylation is 3. The maximum absolute atomic E-state index is 13.5. The van der Waals surface area contributed by atoms with Gasteiger partial charge in [0.15, 0.2) is 0 Å². The molecule has 1 aliphatic carbocycles. The zero-order chi connectivity index (χ0) is 29.8. The van der Waals surface area contributed by atoms with Crippen molar-refractivity contribution in [2.24, 2.45) is 0 Å². The number of hydrogen-bond acceptors (Lipinski definition) is 8. The minimum atomic E-state index is -0.261. The number of nitrogens with one attached hydrogen (secondary N) is 2. The van der Waals surface area contributed by atoms with Crippen LogP contribution in [0.4, 0.5) is 15.9 Å². The van der Waals surface area contributed by atoms with Gasteiger partial charge in [-0.25, -0.2) is 14.4 Å². The molecule has 1 aliphatic rings. The quantitative estimate of drug-likeness (QED) is 0.153. The van der Waals surface area contributed by atoms with Crippen molar-refractivity contribution in [3.63, 3.8) is 0 Å². The molecule has 3 aromatic heterocycles. The van der Waals surface area contributed by atoms with Crippen molar-refractivity contribution in [1.29, 1.82) is 0 Å². The molecule has 3 heterocycles. The maximum atomic E-state index is 13.5. The Hall–Kier alpha value is -3.86. The van der Waals surface area contributed by atoms with Gasteiger partial charge >= 0.3 is 0 Å². The first-order valence-corrected chi connectivity index (χ1v) is 15.8. The van der Waals surface area contributed by atoms with Crippen molar-refractivity contribution >= 4 is 33.1 Å². The summed E-state index contributed by atoms with van der Waals surface area (Å²) in [5, 5.41) is 13.1. The summed E-state index contributed by atoms with van der Waals surface area (Å²) in [6, 6.07) is 12.5. The van der Waals surface area contributed by atoms with Crippen LogP contribution in [-0.4, -0.2) is 57.9 Å². The molecule has 0 amide bonds. The molecule has 0 atom stereocenters. The Morgan fingerprint density at radius 2 is 2.00 bits per heavy atom. The Balaban J connectivity index is 1.15. The summed E-state index contributed by atoms with van der Waals surface area (Å²) >= 11 is 1.72. The van der Waals surface area contributed by atoms with Crippen LogP contribution in [-0.2, 0) is 26.0 Å². The lowest BCUT2D eigenvalue weighted by molar-refractivity contribution is 0.303. The number of hydrogen-bond donors (Lipinski definition) is 2. The fourth-order valence-corrected chi connectivity index (χ4v) is 6.85. The van der Waals surface area contributed by atoms with Crippen LogP contribution in [0, 0.1) is 12.7 Å². The highest BCUT2D eigenvalue weighted by Gasteiger charge is 2.26. The largest absolute Gasteiger partial charge is 0.489 e. The van der Waals surface area contributed by atoms with E-state index in [1.807, 2.05) is 31.2 Å². The van der Waals surface area contributed by atoms with Gasteiger partial charge in [0, 0.05) is 42.0 Å². The lowest BCUT2D eigenvalue weighted by Gasteiger charge is -2.15. The van der Waals surface area contributed by atoms with E-state index in [4.69, 9.17) is 9.84 Å². The highest BCUT2D eigenvalue weighted by Crippen LogP contribution is 2.45. The number of ether oxygens (including phenoxy) is 1. The second-order valence-corrected chi connectivity index (χ2v) is 12.1. The van der Waals surface area contributed by atoms with Crippen LogP contribution in [0.3, 0.4) is 0 Å². The van der Waals surface area contributed by atoms with Crippen molar-refractivity contribution in [1.82, 2.24) is 30.0 Å². The van der Waals surface area contributed by atoms with Crippen molar-refractivity contribution in [3.05, 3.63) is 83.2 Å². The molecular weight excluding hydrogens is 561 g/mol. The topological polar surface area (TPSA) is 80.1 Å². The third-order valence-electron chi connectivity index (χ3n) is 7.80. The average molecular weight is 600 g/mol. The first-order valence-electron chi connectivity index (χ1n) is 15.0. The Kier molecular flexibility index (Phi) is 8.97. The Labute approximate surface area is 255 Å². The monoisotopic (exact) mass is 599 g/mol. The molecule has 43 heavy (non-hydrogen) atoms. The number of aromatic nitrogens is 4. The van der Waals surface area contributed by atoms with E-state index in [1.165, 1.54) is 34.6 Å². The highest BCUT2D eigenvalue weighted by atomic mass is 32.1. The molecule has 0 radical (unpaired) electrons. The predicted molar refractivity (Wildman–Crippen MR) is 172 cm³/mol. The maximum Gasteiger partial charge on any atom is 0.142 e. The lowest BCUT2D eigenvalue weighted by Crippen LogP contribution is -2.31. The predicted octanol–water partition coefficient (Wildman–Crippen LogP) is 6.35. The first-order chi connectivity index (χ1) is 21.0. The summed E-state index contributed by atoms with van der Waals surface area (Å²) in [7, 11) is 2.17.